The lowest BCUT2D eigenvalue weighted by Gasteiger charge is -2.33. The van der Waals surface area contributed by atoms with E-state index in [0.717, 1.165) is 11.1 Å². The number of carboxylic acids is 1. The Morgan fingerprint density at radius 1 is 1.23 bits per heavy atom. The van der Waals surface area contributed by atoms with Gasteiger partial charge in [-0.05, 0) is 35.4 Å². The summed E-state index contributed by atoms with van der Waals surface area (Å²) in [5.41, 5.74) is 1.65. The number of carbonyl (C=O) groups is 2. The second kappa shape index (κ2) is 7.85. The van der Waals surface area contributed by atoms with Gasteiger partial charge in [-0.15, -0.1) is 0 Å². The molecule has 0 spiro atoms. The Morgan fingerprint density at radius 2 is 1.96 bits per heavy atom. The van der Waals surface area contributed by atoms with E-state index in [0.29, 0.717) is 19.7 Å². The molecule has 0 saturated carbocycles. The van der Waals surface area contributed by atoms with Crippen LogP contribution in [-0.4, -0.2) is 41.6 Å². The summed E-state index contributed by atoms with van der Waals surface area (Å²) in [6.07, 6.45) is -0.184. The summed E-state index contributed by atoms with van der Waals surface area (Å²) in [6.45, 7) is 1.20. The molecule has 1 unspecified atom stereocenters. The fraction of sp³-hybridized carbons (Fsp3) is 0.263. The number of carboxylic acid groups (broad SMARTS) is 1. The topological polar surface area (TPSA) is 66.8 Å². The minimum absolute atomic E-state index is 0.0214. The largest absolute Gasteiger partial charge is 0.478 e. The smallest absolute Gasteiger partial charge is 0.335 e. The number of hydrogen-bond donors (Lipinski definition) is 1. The van der Waals surface area contributed by atoms with Crippen LogP contribution in [0.15, 0.2) is 42.5 Å². The van der Waals surface area contributed by atoms with Crippen LogP contribution in [-0.2, 0) is 16.0 Å². The van der Waals surface area contributed by atoms with E-state index in [2.05, 4.69) is 0 Å². The number of carbonyl (C=O) groups excluding carboxylic acids is 1. The summed E-state index contributed by atoms with van der Waals surface area (Å²) in [5.74, 6) is -1.57. The Balaban J connectivity index is 1.65. The van der Waals surface area contributed by atoms with Gasteiger partial charge >= 0.3 is 5.97 Å². The lowest BCUT2D eigenvalue weighted by atomic mass is 10.1. The first-order valence-electron chi connectivity index (χ1n) is 8.10. The lowest BCUT2D eigenvalue weighted by molar-refractivity contribution is -0.138. The Morgan fingerprint density at radius 3 is 2.62 bits per heavy atom. The third-order valence-corrected chi connectivity index (χ3v) is 4.58. The summed E-state index contributed by atoms with van der Waals surface area (Å²) in [6, 6.07) is 10.6. The fourth-order valence-electron chi connectivity index (χ4n) is 2.84. The predicted octanol–water partition coefficient (Wildman–Crippen LogP) is 3.32. The third-order valence-electron chi connectivity index (χ3n) is 4.29. The SMILES string of the molecule is O=C(O)c1ccc(CC(=O)N2CCOC(c3ccc(F)c(Cl)c3)C2)cc1. The van der Waals surface area contributed by atoms with Gasteiger partial charge in [0.15, 0.2) is 0 Å². The molecule has 1 heterocycles. The normalized spacial score (nSPS) is 17.2. The van der Waals surface area contributed by atoms with E-state index in [1.165, 1.54) is 24.3 Å². The summed E-state index contributed by atoms with van der Waals surface area (Å²) in [4.78, 5) is 25.1. The standard InChI is InChI=1S/C19H17ClFNO4/c20-15-10-14(5-6-16(15)21)17-11-22(7-8-26-17)18(23)9-12-1-3-13(4-2-12)19(24)25/h1-6,10,17H,7-9,11H2,(H,24,25). The zero-order chi connectivity index (χ0) is 18.7. The molecule has 0 aromatic heterocycles. The maximum Gasteiger partial charge on any atom is 0.335 e. The van der Waals surface area contributed by atoms with Crippen molar-refractivity contribution in [1.82, 2.24) is 4.90 Å². The molecule has 5 nitrogen and oxygen atoms in total. The first kappa shape index (κ1) is 18.4. The molecule has 1 aliphatic rings. The number of nitrogens with zero attached hydrogens (tertiary/aromatic N) is 1. The summed E-state index contributed by atoms with van der Waals surface area (Å²) in [7, 11) is 0. The van der Waals surface area contributed by atoms with E-state index in [1.54, 1.807) is 23.1 Å². The molecule has 1 atom stereocenters. The van der Waals surface area contributed by atoms with Gasteiger partial charge in [0.2, 0.25) is 5.91 Å². The number of rotatable bonds is 4. The molecule has 1 aliphatic heterocycles. The van der Waals surface area contributed by atoms with E-state index in [1.807, 2.05) is 0 Å². The number of aromatic carboxylic acids is 1. The van der Waals surface area contributed by atoms with Gasteiger partial charge < -0.3 is 14.7 Å². The number of ether oxygens (including phenoxy) is 1. The first-order chi connectivity index (χ1) is 12.4. The molecular weight excluding hydrogens is 361 g/mol. The van der Waals surface area contributed by atoms with Gasteiger partial charge in [-0.1, -0.05) is 29.8 Å². The van der Waals surface area contributed by atoms with Gasteiger partial charge in [-0.2, -0.15) is 0 Å². The molecule has 2 aromatic rings. The van der Waals surface area contributed by atoms with E-state index in [9.17, 15) is 14.0 Å². The number of halogens is 2. The summed E-state index contributed by atoms with van der Waals surface area (Å²) < 4.78 is 19.0. The number of hydrogen-bond acceptors (Lipinski definition) is 3. The van der Waals surface area contributed by atoms with Gasteiger partial charge in [-0.3, -0.25) is 4.79 Å². The van der Waals surface area contributed by atoms with Crippen molar-refractivity contribution in [2.24, 2.45) is 0 Å². The molecule has 1 fully saturated rings. The van der Waals surface area contributed by atoms with E-state index in [4.69, 9.17) is 21.4 Å². The van der Waals surface area contributed by atoms with E-state index >= 15 is 0 Å². The van der Waals surface area contributed by atoms with Crippen molar-refractivity contribution in [2.45, 2.75) is 12.5 Å². The lowest BCUT2D eigenvalue weighted by Crippen LogP contribution is -2.43. The van der Waals surface area contributed by atoms with Crippen LogP contribution in [0.5, 0.6) is 0 Å². The second-order valence-electron chi connectivity index (χ2n) is 6.05. The molecule has 1 saturated heterocycles. The minimum atomic E-state index is -1.00. The molecule has 0 bridgehead atoms. The highest BCUT2D eigenvalue weighted by Gasteiger charge is 2.26. The average molecular weight is 378 g/mol. The zero-order valence-electron chi connectivity index (χ0n) is 13.8. The van der Waals surface area contributed by atoms with Crippen LogP contribution in [0, 0.1) is 5.82 Å². The van der Waals surface area contributed by atoms with Crippen LogP contribution in [0.1, 0.15) is 27.6 Å². The van der Waals surface area contributed by atoms with Crippen LogP contribution in [0.2, 0.25) is 5.02 Å². The highest BCUT2D eigenvalue weighted by Crippen LogP contribution is 2.26. The van der Waals surface area contributed by atoms with Crippen LogP contribution in [0.25, 0.3) is 0 Å². The molecule has 7 heteroatoms. The van der Waals surface area contributed by atoms with E-state index in [-0.39, 0.29) is 29.0 Å². The van der Waals surface area contributed by atoms with Crippen LogP contribution >= 0.6 is 11.6 Å². The van der Waals surface area contributed by atoms with Gasteiger partial charge in [0.1, 0.15) is 11.9 Å². The predicted molar refractivity (Wildman–Crippen MR) is 93.8 cm³/mol. The number of morpholine rings is 1. The van der Waals surface area contributed by atoms with Gasteiger partial charge in [-0.25, -0.2) is 9.18 Å². The second-order valence-corrected chi connectivity index (χ2v) is 6.46. The molecule has 1 N–H and O–H groups in total. The van der Waals surface area contributed by atoms with Crippen molar-refractivity contribution in [3.05, 3.63) is 70.0 Å². The maximum atomic E-state index is 13.3. The maximum absolute atomic E-state index is 13.3. The van der Waals surface area contributed by atoms with Crippen LogP contribution in [0.3, 0.4) is 0 Å². The first-order valence-corrected chi connectivity index (χ1v) is 8.48. The van der Waals surface area contributed by atoms with Crippen molar-refractivity contribution in [2.75, 3.05) is 19.7 Å². The van der Waals surface area contributed by atoms with Crippen LogP contribution < -0.4 is 0 Å². The molecule has 0 aliphatic carbocycles. The highest BCUT2D eigenvalue weighted by atomic mass is 35.5. The monoisotopic (exact) mass is 377 g/mol. The number of benzene rings is 2. The number of amides is 1. The zero-order valence-corrected chi connectivity index (χ0v) is 14.6. The Labute approximate surface area is 154 Å². The van der Waals surface area contributed by atoms with E-state index < -0.39 is 11.8 Å². The summed E-state index contributed by atoms with van der Waals surface area (Å²) in [5, 5.41) is 8.93. The van der Waals surface area contributed by atoms with Crippen LogP contribution in [0.4, 0.5) is 4.39 Å². The fourth-order valence-corrected chi connectivity index (χ4v) is 3.03. The summed E-state index contributed by atoms with van der Waals surface area (Å²) >= 11 is 5.82. The van der Waals surface area contributed by atoms with Crippen molar-refractivity contribution < 1.29 is 23.8 Å². The Bertz CT molecular complexity index is 825. The molecule has 1 amide bonds. The van der Waals surface area contributed by atoms with Crippen molar-refractivity contribution in [3.63, 3.8) is 0 Å². The molecule has 3 rings (SSSR count). The van der Waals surface area contributed by atoms with Crippen molar-refractivity contribution in [1.29, 1.82) is 0 Å². The highest BCUT2D eigenvalue weighted by molar-refractivity contribution is 6.30. The Hall–Kier alpha value is -2.44. The molecule has 136 valence electrons. The van der Waals surface area contributed by atoms with Crippen molar-refractivity contribution >= 4 is 23.5 Å². The van der Waals surface area contributed by atoms with Gasteiger partial charge in [0.25, 0.3) is 0 Å². The average Bonchev–Trinajstić information content (AvgIpc) is 2.64. The Kier molecular flexibility index (Phi) is 5.54. The van der Waals surface area contributed by atoms with Gasteiger partial charge in [0.05, 0.1) is 30.2 Å². The van der Waals surface area contributed by atoms with Gasteiger partial charge in [0, 0.05) is 6.54 Å². The molecule has 26 heavy (non-hydrogen) atoms. The molecule has 2 aromatic carbocycles. The quantitative estimate of drug-likeness (QED) is 0.887. The van der Waals surface area contributed by atoms with Crippen molar-refractivity contribution in [3.8, 4) is 0 Å². The third kappa shape index (κ3) is 4.20. The molecule has 0 radical (unpaired) electrons. The molecular formula is C19H17ClFNO4. The minimum Gasteiger partial charge on any atom is -0.478 e.